The standard InChI is InChI=1S/C40H54O27/c1-15(41)52-12-26-29(55-18(4)44)32(57-20(6)46)35(59-22(8)48)39(64-26)66-31-28(14-54-17(3)43)65-40(36(60-23(9)49)33(31)58-21(7)47)67-34-30(56-19(5)45)27(13-53-16(2)42)63-38(62-25(11)51)37(34)61-24(10)50/h26-40H,12-14H2,1-11H3/t26-,27-,28-,29-,30-,31-,32+,33+,34+,35-,36-,37-,38?,39+,40+/m1/s1. The molecule has 15 atom stereocenters. The fraction of sp³-hybridized carbons (Fsp3) is 0.725. The van der Waals surface area contributed by atoms with Crippen molar-refractivity contribution in [2.45, 2.75) is 168 Å². The third-order valence-corrected chi connectivity index (χ3v) is 9.11. The van der Waals surface area contributed by atoms with E-state index >= 15 is 0 Å². The first-order chi connectivity index (χ1) is 31.3. The second-order valence-corrected chi connectivity index (χ2v) is 14.9. The highest BCUT2D eigenvalue weighted by Crippen LogP contribution is 2.38. The molecule has 0 spiro atoms. The summed E-state index contributed by atoms with van der Waals surface area (Å²) in [5.41, 5.74) is 0. The van der Waals surface area contributed by atoms with Gasteiger partial charge in [0.05, 0.1) is 0 Å². The van der Waals surface area contributed by atoms with Crippen LogP contribution in [0, 0.1) is 0 Å². The van der Waals surface area contributed by atoms with Crippen LogP contribution in [0.15, 0.2) is 0 Å². The third-order valence-electron chi connectivity index (χ3n) is 9.11. The summed E-state index contributed by atoms with van der Waals surface area (Å²) < 4.78 is 90.4. The summed E-state index contributed by atoms with van der Waals surface area (Å²) >= 11 is 0. The largest absolute Gasteiger partial charge is 0.463 e. The Hall–Kier alpha value is -6.03. The molecule has 0 aliphatic carbocycles. The molecule has 3 aliphatic rings. The zero-order valence-corrected chi connectivity index (χ0v) is 38.3. The number of esters is 11. The first kappa shape index (κ1) is 55.3. The van der Waals surface area contributed by atoms with Gasteiger partial charge >= 0.3 is 65.7 Å². The maximum Gasteiger partial charge on any atom is 0.305 e. The molecule has 3 fully saturated rings. The summed E-state index contributed by atoms with van der Waals surface area (Å²) in [5, 5.41) is 0. The molecule has 0 bridgehead atoms. The topological polar surface area (TPSA) is 335 Å². The van der Waals surface area contributed by atoms with E-state index in [2.05, 4.69) is 0 Å². The van der Waals surface area contributed by atoms with Crippen molar-refractivity contribution in [3.8, 4) is 0 Å². The van der Waals surface area contributed by atoms with Crippen LogP contribution in [0.3, 0.4) is 0 Å². The van der Waals surface area contributed by atoms with Crippen LogP contribution in [-0.2, 0) is 129 Å². The van der Waals surface area contributed by atoms with E-state index in [4.69, 9.17) is 75.8 Å². The Morgan fingerprint density at radius 1 is 0.269 bits per heavy atom. The zero-order chi connectivity index (χ0) is 50.4. The van der Waals surface area contributed by atoms with Gasteiger partial charge in [-0.1, -0.05) is 0 Å². The molecule has 3 heterocycles. The average molecular weight is 967 g/mol. The maximum atomic E-state index is 13.0. The number of carbonyl (C=O) groups excluding carboxylic acids is 11. The maximum absolute atomic E-state index is 13.0. The number of ether oxygens (including phenoxy) is 16. The van der Waals surface area contributed by atoms with Gasteiger partial charge < -0.3 is 75.8 Å². The summed E-state index contributed by atoms with van der Waals surface area (Å²) in [5.74, 6) is -10.7. The molecular weight excluding hydrogens is 912 g/mol. The van der Waals surface area contributed by atoms with E-state index in [9.17, 15) is 52.7 Å². The number of rotatable bonds is 18. The summed E-state index contributed by atoms with van der Waals surface area (Å²) in [6.45, 7) is 8.54. The van der Waals surface area contributed by atoms with Crippen molar-refractivity contribution in [1.29, 1.82) is 0 Å². The van der Waals surface area contributed by atoms with E-state index in [0.717, 1.165) is 76.2 Å². The molecule has 27 heteroatoms. The SMILES string of the molecule is CC(=O)OC[C@H]1O[C@@H](O[C@H]2[C@H](OC(C)=O)[C@@H](OC(C)=O)[C@H](O[C@H]3[C@H](OC(C)=O)[C@@H](COC(C)=O)OC(OC(C)=O)[C@@H]3OC(C)=O)O[C@@H]2COC(C)=O)[C@H](OC(C)=O)[C@@H](OC(C)=O)[C@@H]1OC(C)=O. The predicted molar refractivity (Wildman–Crippen MR) is 206 cm³/mol. The second-order valence-electron chi connectivity index (χ2n) is 14.9. The lowest BCUT2D eigenvalue weighted by Crippen LogP contribution is -2.69. The molecule has 3 aliphatic heterocycles. The molecule has 27 nitrogen and oxygen atoms in total. The van der Waals surface area contributed by atoms with Crippen LogP contribution in [0.2, 0.25) is 0 Å². The highest BCUT2D eigenvalue weighted by molar-refractivity contribution is 5.70. The van der Waals surface area contributed by atoms with Gasteiger partial charge in [-0.15, -0.1) is 0 Å². The van der Waals surface area contributed by atoms with Crippen molar-refractivity contribution in [3.63, 3.8) is 0 Å². The number of hydrogen-bond donors (Lipinski definition) is 0. The van der Waals surface area contributed by atoms with Gasteiger partial charge in [-0.25, -0.2) is 0 Å². The lowest BCUT2D eigenvalue weighted by Gasteiger charge is -2.50. The van der Waals surface area contributed by atoms with Crippen LogP contribution in [0.4, 0.5) is 0 Å². The van der Waals surface area contributed by atoms with Crippen LogP contribution in [0.25, 0.3) is 0 Å². The first-order valence-corrected chi connectivity index (χ1v) is 20.3. The van der Waals surface area contributed by atoms with Gasteiger partial charge in [0.2, 0.25) is 6.29 Å². The summed E-state index contributed by atoms with van der Waals surface area (Å²) in [7, 11) is 0. The molecular formula is C40H54O27. The minimum atomic E-state index is -2.09. The smallest absolute Gasteiger partial charge is 0.305 e. The van der Waals surface area contributed by atoms with E-state index in [1.165, 1.54) is 0 Å². The number of hydrogen-bond acceptors (Lipinski definition) is 27. The van der Waals surface area contributed by atoms with Crippen LogP contribution < -0.4 is 0 Å². The predicted octanol–water partition coefficient (Wildman–Crippen LogP) is -1.29. The number of carbonyl (C=O) groups is 11. The lowest BCUT2D eigenvalue weighted by molar-refractivity contribution is -0.379. The fourth-order valence-electron chi connectivity index (χ4n) is 7.01. The van der Waals surface area contributed by atoms with Crippen molar-refractivity contribution in [1.82, 2.24) is 0 Å². The van der Waals surface area contributed by atoms with E-state index in [-0.39, 0.29) is 0 Å². The zero-order valence-electron chi connectivity index (χ0n) is 38.3. The average Bonchev–Trinajstić information content (AvgIpc) is 3.17. The molecule has 0 aromatic carbocycles. The minimum absolute atomic E-state index is 0.687. The van der Waals surface area contributed by atoms with Crippen molar-refractivity contribution < 1.29 is 129 Å². The van der Waals surface area contributed by atoms with Crippen LogP contribution in [-0.4, -0.2) is 178 Å². The Kier molecular flexibility index (Phi) is 20.8. The molecule has 67 heavy (non-hydrogen) atoms. The summed E-state index contributed by atoms with van der Waals surface area (Å²) in [4.78, 5) is 137. The molecule has 3 saturated heterocycles. The lowest BCUT2D eigenvalue weighted by atomic mass is 9.95. The summed E-state index contributed by atoms with van der Waals surface area (Å²) in [6, 6.07) is 0. The van der Waals surface area contributed by atoms with Crippen LogP contribution in [0.5, 0.6) is 0 Å². The van der Waals surface area contributed by atoms with E-state index in [1.54, 1.807) is 0 Å². The quantitative estimate of drug-likeness (QED) is 0.114. The van der Waals surface area contributed by atoms with Gasteiger partial charge in [0.1, 0.15) is 50.3 Å². The van der Waals surface area contributed by atoms with E-state index in [0.29, 0.717) is 0 Å². The van der Waals surface area contributed by atoms with Crippen molar-refractivity contribution in [3.05, 3.63) is 0 Å². The molecule has 0 saturated carbocycles. The summed E-state index contributed by atoms with van der Waals surface area (Å²) in [6.07, 6.45) is -27.5. The Morgan fingerprint density at radius 2 is 0.507 bits per heavy atom. The highest BCUT2D eigenvalue weighted by Gasteiger charge is 2.60. The van der Waals surface area contributed by atoms with Gasteiger partial charge in [-0.2, -0.15) is 0 Å². The normalized spacial score (nSPS) is 31.2. The molecule has 1 unspecified atom stereocenters. The first-order valence-electron chi connectivity index (χ1n) is 20.3. The monoisotopic (exact) mass is 966 g/mol. The molecule has 0 radical (unpaired) electrons. The van der Waals surface area contributed by atoms with Gasteiger partial charge in [-0.05, 0) is 0 Å². The second kappa shape index (κ2) is 25.2. The van der Waals surface area contributed by atoms with Gasteiger partial charge in [-0.3, -0.25) is 52.7 Å². The van der Waals surface area contributed by atoms with E-state index < -0.39 is 178 Å². The Balaban J connectivity index is 2.32. The van der Waals surface area contributed by atoms with Crippen LogP contribution in [0.1, 0.15) is 76.2 Å². The molecule has 0 aromatic rings. The molecule has 0 amide bonds. The Bertz CT molecular complexity index is 1850. The Morgan fingerprint density at radius 3 is 0.836 bits per heavy atom. The van der Waals surface area contributed by atoms with Crippen molar-refractivity contribution in [2.75, 3.05) is 19.8 Å². The third kappa shape index (κ3) is 17.0. The highest BCUT2D eigenvalue weighted by atomic mass is 16.8. The van der Waals surface area contributed by atoms with Crippen molar-refractivity contribution in [2.24, 2.45) is 0 Å². The Labute approximate surface area is 382 Å². The van der Waals surface area contributed by atoms with Crippen molar-refractivity contribution >= 4 is 65.7 Å². The molecule has 376 valence electrons. The molecule has 0 N–H and O–H groups in total. The van der Waals surface area contributed by atoms with Gasteiger partial charge in [0.15, 0.2) is 55.3 Å². The molecule has 0 aromatic heterocycles. The molecule has 3 rings (SSSR count). The van der Waals surface area contributed by atoms with E-state index in [1.807, 2.05) is 0 Å². The fourth-order valence-corrected chi connectivity index (χ4v) is 7.01. The van der Waals surface area contributed by atoms with Crippen LogP contribution >= 0.6 is 0 Å². The van der Waals surface area contributed by atoms with Gasteiger partial charge in [0.25, 0.3) is 0 Å². The minimum Gasteiger partial charge on any atom is -0.463 e. The van der Waals surface area contributed by atoms with Gasteiger partial charge in [0, 0.05) is 76.2 Å².